The summed E-state index contributed by atoms with van der Waals surface area (Å²) in [6.07, 6.45) is 0.877. The van der Waals surface area contributed by atoms with Crippen molar-refractivity contribution >= 4 is 11.8 Å². The number of halogens is 1. The molecule has 106 valence electrons. The average Bonchev–Trinajstić information content (AvgIpc) is 2.42. The second-order valence-electron chi connectivity index (χ2n) is 5.16. The molecule has 2 aromatic carbocycles. The van der Waals surface area contributed by atoms with Crippen LogP contribution in [-0.4, -0.2) is 11.8 Å². The Morgan fingerprint density at radius 3 is 2.50 bits per heavy atom. The normalized spacial score (nSPS) is 12.4. The molecule has 0 aliphatic carbocycles. The van der Waals surface area contributed by atoms with Crippen LogP contribution in [0.5, 0.6) is 0 Å². The van der Waals surface area contributed by atoms with Gasteiger partial charge in [0.15, 0.2) is 0 Å². The summed E-state index contributed by atoms with van der Waals surface area (Å²) in [5, 5.41) is 0. The molecular weight excluding hydrogens is 269 g/mol. The molecule has 2 N–H and O–H groups in total. The van der Waals surface area contributed by atoms with Crippen LogP contribution in [0.2, 0.25) is 0 Å². The highest BCUT2D eigenvalue weighted by molar-refractivity contribution is 7.99. The van der Waals surface area contributed by atoms with Crippen LogP contribution in [0, 0.1) is 19.7 Å². The van der Waals surface area contributed by atoms with E-state index in [4.69, 9.17) is 5.73 Å². The van der Waals surface area contributed by atoms with Crippen LogP contribution in [-0.2, 0) is 6.42 Å². The zero-order valence-electron chi connectivity index (χ0n) is 11.9. The first-order valence-electron chi connectivity index (χ1n) is 6.74. The minimum Gasteiger partial charge on any atom is -0.327 e. The lowest BCUT2D eigenvalue weighted by molar-refractivity contribution is 0.626. The Morgan fingerprint density at radius 2 is 1.80 bits per heavy atom. The summed E-state index contributed by atoms with van der Waals surface area (Å²) in [7, 11) is 0. The molecule has 0 heterocycles. The number of nitrogens with two attached hydrogens (primary N) is 1. The lowest BCUT2D eigenvalue weighted by Crippen LogP contribution is -2.26. The van der Waals surface area contributed by atoms with Gasteiger partial charge in [-0.2, -0.15) is 0 Å². The third kappa shape index (κ3) is 4.36. The van der Waals surface area contributed by atoms with Gasteiger partial charge in [-0.15, -0.1) is 11.8 Å². The number of thioether (sulfide) groups is 1. The lowest BCUT2D eigenvalue weighted by Gasteiger charge is -2.14. The van der Waals surface area contributed by atoms with Crippen molar-refractivity contribution in [1.82, 2.24) is 0 Å². The van der Waals surface area contributed by atoms with Crippen molar-refractivity contribution in [3.8, 4) is 0 Å². The molecule has 1 nitrogen and oxygen atoms in total. The van der Waals surface area contributed by atoms with Crippen molar-refractivity contribution in [2.75, 3.05) is 5.75 Å². The monoisotopic (exact) mass is 289 g/mol. The van der Waals surface area contributed by atoms with Crippen LogP contribution in [0.3, 0.4) is 0 Å². The zero-order valence-corrected chi connectivity index (χ0v) is 12.7. The minimum atomic E-state index is -0.200. The van der Waals surface area contributed by atoms with E-state index in [0.717, 1.165) is 17.1 Å². The Labute approximate surface area is 124 Å². The fourth-order valence-electron chi connectivity index (χ4n) is 2.10. The Kier molecular flexibility index (Phi) is 5.21. The first kappa shape index (κ1) is 15.1. The predicted octanol–water partition coefficient (Wildman–Crippen LogP) is 4.10. The molecule has 0 aromatic heterocycles. The summed E-state index contributed by atoms with van der Waals surface area (Å²) in [5.74, 6) is 0.632. The van der Waals surface area contributed by atoms with Crippen LogP contribution in [0.15, 0.2) is 47.4 Å². The van der Waals surface area contributed by atoms with Gasteiger partial charge in [-0.25, -0.2) is 4.39 Å². The molecule has 1 atom stereocenters. The van der Waals surface area contributed by atoms with E-state index < -0.39 is 0 Å². The molecule has 0 saturated carbocycles. The number of aryl methyl sites for hydroxylation is 2. The lowest BCUT2D eigenvalue weighted by atomic mass is 10.00. The van der Waals surface area contributed by atoms with Gasteiger partial charge in [-0.05, 0) is 55.7 Å². The van der Waals surface area contributed by atoms with Crippen molar-refractivity contribution in [2.24, 2.45) is 5.73 Å². The van der Waals surface area contributed by atoms with Crippen molar-refractivity contribution < 1.29 is 4.39 Å². The van der Waals surface area contributed by atoms with E-state index in [0.29, 0.717) is 0 Å². The summed E-state index contributed by atoms with van der Waals surface area (Å²) in [5.41, 5.74) is 10.1. The molecule has 0 bridgehead atoms. The summed E-state index contributed by atoms with van der Waals surface area (Å²) < 4.78 is 12.8. The maximum Gasteiger partial charge on any atom is 0.123 e. The maximum atomic E-state index is 12.8. The Bertz CT molecular complexity index is 566. The molecule has 3 heteroatoms. The largest absolute Gasteiger partial charge is 0.327 e. The average molecular weight is 289 g/mol. The van der Waals surface area contributed by atoms with Crippen LogP contribution >= 0.6 is 11.8 Å². The smallest absolute Gasteiger partial charge is 0.123 e. The summed E-state index contributed by atoms with van der Waals surface area (Å²) in [4.78, 5) is 1.06. The fraction of sp³-hybridized carbons (Fsp3) is 0.294. The van der Waals surface area contributed by atoms with Crippen molar-refractivity contribution in [3.63, 3.8) is 0 Å². The standard InChI is InChI=1S/C17H20FNS/c1-12-3-4-13(2)14(9-12)10-16(19)11-20-17-7-5-15(18)6-8-17/h3-9,16H,10-11,19H2,1-2H3. The van der Waals surface area contributed by atoms with Gasteiger partial charge < -0.3 is 5.73 Å². The zero-order chi connectivity index (χ0) is 14.5. The predicted molar refractivity (Wildman–Crippen MR) is 84.7 cm³/mol. The van der Waals surface area contributed by atoms with Gasteiger partial charge in [-0.3, -0.25) is 0 Å². The Balaban J connectivity index is 1.90. The van der Waals surface area contributed by atoms with E-state index in [2.05, 4.69) is 32.0 Å². The van der Waals surface area contributed by atoms with Crippen molar-refractivity contribution in [2.45, 2.75) is 31.2 Å². The molecule has 0 fully saturated rings. The van der Waals surface area contributed by atoms with E-state index >= 15 is 0 Å². The van der Waals surface area contributed by atoms with E-state index in [1.165, 1.54) is 28.8 Å². The molecular formula is C17H20FNS. The molecule has 2 aromatic rings. The highest BCUT2D eigenvalue weighted by atomic mass is 32.2. The van der Waals surface area contributed by atoms with Crippen molar-refractivity contribution in [1.29, 1.82) is 0 Å². The Morgan fingerprint density at radius 1 is 1.10 bits per heavy atom. The van der Waals surface area contributed by atoms with Gasteiger partial charge in [0.2, 0.25) is 0 Å². The third-order valence-corrected chi connectivity index (χ3v) is 4.46. The number of hydrogen-bond donors (Lipinski definition) is 1. The molecule has 2 rings (SSSR count). The van der Waals surface area contributed by atoms with Crippen LogP contribution < -0.4 is 5.73 Å². The van der Waals surface area contributed by atoms with Gasteiger partial charge in [0.1, 0.15) is 5.82 Å². The van der Waals surface area contributed by atoms with Gasteiger partial charge in [0, 0.05) is 16.7 Å². The highest BCUT2D eigenvalue weighted by Gasteiger charge is 2.07. The molecule has 0 radical (unpaired) electrons. The van der Waals surface area contributed by atoms with Gasteiger partial charge in [0.25, 0.3) is 0 Å². The first-order chi connectivity index (χ1) is 9.54. The minimum absolute atomic E-state index is 0.102. The molecule has 0 spiro atoms. The Hall–Kier alpha value is -1.32. The summed E-state index contributed by atoms with van der Waals surface area (Å²) >= 11 is 1.67. The van der Waals surface area contributed by atoms with E-state index in [9.17, 15) is 4.39 Å². The molecule has 0 aliphatic rings. The second-order valence-corrected chi connectivity index (χ2v) is 6.25. The fourth-order valence-corrected chi connectivity index (χ4v) is 2.95. The van der Waals surface area contributed by atoms with Crippen molar-refractivity contribution in [3.05, 3.63) is 65.0 Å². The summed E-state index contributed by atoms with van der Waals surface area (Å²) in [6.45, 7) is 4.22. The van der Waals surface area contributed by atoms with Gasteiger partial charge in [0.05, 0.1) is 0 Å². The maximum absolute atomic E-state index is 12.8. The number of benzene rings is 2. The number of hydrogen-bond acceptors (Lipinski definition) is 2. The SMILES string of the molecule is Cc1ccc(C)c(CC(N)CSc2ccc(F)cc2)c1. The van der Waals surface area contributed by atoms with Gasteiger partial charge in [-0.1, -0.05) is 23.8 Å². The molecule has 0 saturated heterocycles. The van der Waals surface area contributed by atoms with E-state index in [1.807, 2.05) is 0 Å². The van der Waals surface area contributed by atoms with E-state index in [-0.39, 0.29) is 11.9 Å². The molecule has 20 heavy (non-hydrogen) atoms. The van der Waals surface area contributed by atoms with Crippen LogP contribution in [0.4, 0.5) is 4.39 Å². The van der Waals surface area contributed by atoms with Crippen LogP contribution in [0.1, 0.15) is 16.7 Å². The molecule has 1 unspecified atom stereocenters. The molecule has 0 aliphatic heterocycles. The quantitative estimate of drug-likeness (QED) is 0.838. The highest BCUT2D eigenvalue weighted by Crippen LogP contribution is 2.20. The second kappa shape index (κ2) is 6.91. The number of rotatable bonds is 5. The topological polar surface area (TPSA) is 26.0 Å². The third-order valence-electron chi connectivity index (χ3n) is 3.26. The van der Waals surface area contributed by atoms with Crippen LogP contribution in [0.25, 0.3) is 0 Å². The first-order valence-corrected chi connectivity index (χ1v) is 7.73. The van der Waals surface area contributed by atoms with Gasteiger partial charge >= 0.3 is 0 Å². The molecule has 0 amide bonds. The van der Waals surface area contributed by atoms with E-state index in [1.54, 1.807) is 23.9 Å². The summed E-state index contributed by atoms with van der Waals surface area (Å²) in [6, 6.07) is 13.1.